The Morgan fingerprint density at radius 3 is 2.66 bits per heavy atom. The second-order valence-corrected chi connectivity index (χ2v) is 8.08. The molecule has 29 heavy (non-hydrogen) atoms. The van der Waals surface area contributed by atoms with Gasteiger partial charge in [-0.15, -0.1) is 0 Å². The summed E-state index contributed by atoms with van der Waals surface area (Å²) in [5.74, 6) is 1.82. The minimum atomic E-state index is -0.136. The summed E-state index contributed by atoms with van der Waals surface area (Å²) < 4.78 is 2.09. The monoisotopic (exact) mass is 392 g/mol. The first-order valence-corrected chi connectivity index (χ1v) is 10.3. The number of imidazole rings is 1. The van der Waals surface area contributed by atoms with E-state index in [1.165, 1.54) is 0 Å². The summed E-state index contributed by atoms with van der Waals surface area (Å²) in [5.41, 5.74) is 2.03. The Kier molecular flexibility index (Phi) is 5.47. The third kappa shape index (κ3) is 3.95. The molecule has 1 saturated heterocycles. The van der Waals surface area contributed by atoms with Crippen LogP contribution in [-0.4, -0.2) is 38.5 Å². The molecule has 1 aliphatic heterocycles. The first kappa shape index (κ1) is 19.4. The largest absolute Gasteiger partial charge is 0.346 e. The standard InChI is InChI=1S/C22H28N6O/c1-15(2)19(20-25-17-9-4-5-10-18(17)27(20)3)26-21(29)16-8-6-13-28(14-16)22-23-11-7-12-24-22/h4-5,7,9-12,15-16,19H,6,8,13-14H2,1-3H3,(H,26,29)/t16-,19+/m0/s1. The van der Waals surface area contributed by atoms with Crippen LogP contribution in [0.15, 0.2) is 42.7 Å². The number of hydrogen-bond acceptors (Lipinski definition) is 5. The molecule has 0 saturated carbocycles. The second kappa shape index (κ2) is 8.19. The van der Waals surface area contributed by atoms with E-state index >= 15 is 0 Å². The van der Waals surface area contributed by atoms with Gasteiger partial charge in [0, 0.05) is 32.5 Å². The van der Waals surface area contributed by atoms with E-state index in [1.54, 1.807) is 12.4 Å². The predicted molar refractivity (Wildman–Crippen MR) is 113 cm³/mol. The SMILES string of the molecule is CC(C)[C@@H](NC(=O)[C@H]1CCCN(c2ncccn2)C1)c1nc2ccccc2n1C. The molecule has 2 aromatic heterocycles. The molecule has 0 spiro atoms. The Hall–Kier alpha value is -2.96. The number of fused-ring (bicyclic) bond motifs is 1. The lowest BCUT2D eigenvalue weighted by molar-refractivity contribution is -0.126. The van der Waals surface area contributed by atoms with Gasteiger partial charge in [-0.1, -0.05) is 26.0 Å². The van der Waals surface area contributed by atoms with Gasteiger partial charge in [-0.05, 0) is 37.0 Å². The predicted octanol–water partition coefficient (Wildman–Crippen LogP) is 3.09. The summed E-state index contributed by atoms with van der Waals surface area (Å²) in [6, 6.07) is 9.74. The fourth-order valence-corrected chi connectivity index (χ4v) is 4.07. The topological polar surface area (TPSA) is 75.9 Å². The lowest BCUT2D eigenvalue weighted by atomic mass is 9.95. The molecular formula is C22H28N6O. The van der Waals surface area contributed by atoms with Gasteiger partial charge in [0.05, 0.1) is 23.0 Å². The zero-order valence-electron chi connectivity index (χ0n) is 17.2. The van der Waals surface area contributed by atoms with E-state index < -0.39 is 0 Å². The number of carbonyl (C=O) groups is 1. The van der Waals surface area contributed by atoms with Crippen LogP contribution in [0, 0.1) is 11.8 Å². The minimum absolute atomic E-state index is 0.0800. The summed E-state index contributed by atoms with van der Waals surface area (Å²) in [4.78, 5) is 28.8. The molecule has 2 atom stereocenters. The highest BCUT2D eigenvalue weighted by atomic mass is 16.2. The molecule has 1 amide bonds. The van der Waals surface area contributed by atoms with E-state index in [9.17, 15) is 4.79 Å². The summed E-state index contributed by atoms with van der Waals surface area (Å²) in [7, 11) is 2.02. The van der Waals surface area contributed by atoms with Crippen LogP contribution < -0.4 is 10.2 Å². The molecular weight excluding hydrogens is 364 g/mol. The molecule has 1 fully saturated rings. The number of benzene rings is 1. The van der Waals surface area contributed by atoms with Crippen molar-refractivity contribution in [1.29, 1.82) is 0 Å². The van der Waals surface area contributed by atoms with Crippen molar-refractivity contribution in [3.05, 3.63) is 48.5 Å². The van der Waals surface area contributed by atoms with Crippen LogP contribution >= 0.6 is 0 Å². The maximum absolute atomic E-state index is 13.2. The quantitative estimate of drug-likeness (QED) is 0.722. The number of anilines is 1. The smallest absolute Gasteiger partial charge is 0.225 e. The summed E-state index contributed by atoms with van der Waals surface area (Å²) in [5, 5.41) is 3.29. The molecule has 1 aliphatic rings. The Morgan fingerprint density at radius 1 is 1.17 bits per heavy atom. The van der Waals surface area contributed by atoms with Crippen molar-refractivity contribution < 1.29 is 4.79 Å². The first-order valence-electron chi connectivity index (χ1n) is 10.3. The third-order valence-electron chi connectivity index (χ3n) is 5.69. The number of nitrogens with one attached hydrogen (secondary N) is 1. The van der Waals surface area contributed by atoms with Crippen LogP contribution in [-0.2, 0) is 11.8 Å². The lowest BCUT2D eigenvalue weighted by Crippen LogP contribution is -2.45. The molecule has 0 aliphatic carbocycles. The average Bonchev–Trinajstić information content (AvgIpc) is 3.09. The maximum Gasteiger partial charge on any atom is 0.225 e. The zero-order valence-corrected chi connectivity index (χ0v) is 17.2. The van der Waals surface area contributed by atoms with E-state index in [1.807, 2.05) is 31.3 Å². The van der Waals surface area contributed by atoms with Crippen LogP contribution in [0.1, 0.15) is 38.6 Å². The highest BCUT2D eigenvalue weighted by molar-refractivity contribution is 5.80. The van der Waals surface area contributed by atoms with E-state index in [-0.39, 0.29) is 23.8 Å². The van der Waals surface area contributed by atoms with Gasteiger partial charge in [-0.2, -0.15) is 0 Å². The molecule has 7 nitrogen and oxygen atoms in total. The van der Waals surface area contributed by atoms with Gasteiger partial charge in [0.1, 0.15) is 5.82 Å². The van der Waals surface area contributed by atoms with Crippen molar-refractivity contribution in [2.75, 3.05) is 18.0 Å². The molecule has 0 radical (unpaired) electrons. The molecule has 152 valence electrons. The molecule has 1 N–H and O–H groups in total. The Bertz CT molecular complexity index is 983. The van der Waals surface area contributed by atoms with E-state index in [0.29, 0.717) is 12.5 Å². The number of hydrogen-bond donors (Lipinski definition) is 1. The minimum Gasteiger partial charge on any atom is -0.346 e. The maximum atomic E-state index is 13.2. The molecule has 3 aromatic rings. The third-order valence-corrected chi connectivity index (χ3v) is 5.69. The van der Waals surface area contributed by atoms with Crippen molar-refractivity contribution in [2.24, 2.45) is 18.9 Å². The van der Waals surface area contributed by atoms with Crippen LogP contribution in [0.25, 0.3) is 11.0 Å². The number of carbonyl (C=O) groups excluding carboxylic acids is 1. The summed E-state index contributed by atoms with van der Waals surface area (Å²) >= 11 is 0. The Labute approximate surface area is 171 Å². The normalized spacial score (nSPS) is 18.2. The Balaban J connectivity index is 1.52. The molecule has 3 heterocycles. The molecule has 0 unspecified atom stereocenters. The second-order valence-electron chi connectivity index (χ2n) is 8.08. The van der Waals surface area contributed by atoms with Crippen LogP contribution in [0.3, 0.4) is 0 Å². The molecule has 1 aromatic carbocycles. The molecule has 0 bridgehead atoms. The van der Waals surface area contributed by atoms with Crippen molar-refractivity contribution >= 4 is 22.9 Å². The van der Waals surface area contributed by atoms with Gasteiger partial charge < -0.3 is 14.8 Å². The lowest BCUT2D eigenvalue weighted by Gasteiger charge is -2.33. The van der Waals surface area contributed by atoms with E-state index in [4.69, 9.17) is 4.98 Å². The number of amides is 1. The van der Waals surface area contributed by atoms with Crippen molar-refractivity contribution in [3.8, 4) is 0 Å². The first-order chi connectivity index (χ1) is 14.0. The fourth-order valence-electron chi connectivity index (χ4n) is 4.07. The van der Waals surface area contributed by atoms with Gasteiger partial charge in [-0.25, -0.2) is 15.0 Å². The number of aromatic nitrogens is 4. The molecule has 7 heteroatoms. The number of para-hydroxylation sites is 2. The number of nitrogens with zero attached hydrogens (tertiary/aromatic N) is 5. The fraction of sp³-hybridized carbons (Fsp3) is 0.455. The highest BCUT2D eigenvalue weighted by Gasteiger charge is 2.31. The number of rotatable bonds is 5. The van der Waals surface area contributed by atoms with Crippen LogP contribution in [0.4, 0.5) is 5.95 Å². The van der Waals surface area contributed by atoms with Crippen molar-refractivity contribution in [1.82, 2.24) is 24.8 Å². The summed E-state index contributed by atoms with van der Waals surface area (Å²) in [6.07, 6.45) is 5.32. The average molecular weight is 393 g/mol. The van der Waals surface area contributed by atoms with Crippen molar-refractivity contribution in [3.63, 3.8) is 0 Å². The van der Waals surface area contributed by atoms with Gasteiger partial charge in [0.2, 0.25) is 11.9 Å². The van der Waals surface area contributed by atoms with E-state index in [2.05, 4.69) is 44.7 Å². The Morgan fingerprint density at radius 2 is 1.93 bits per heavy atom. The van der Waals surface area contributed by atoms with Gasteiger partial charge in [0.15, 0.2) is 0 Å². The zero-order chi connectivity index (χ0) is 20.4. The van der Waals surface area contributed by atoms with Crippen LogP contribution in [0.2, 0.25) is 0 Å². The molecule has 4 rings (SSSR count). The van der Waals surface area contributed by atoms with Gasteiger partial charge in [-0.3, -0.25) is 4.79 Å². The van der Waals surface area contributed by atoms with E-state index in [0.717, 1.165) is 36.2 Å². The van der Waals surface area contributed by atoms with Gasteiger partial charge >= 0.3 is 0 Å². The van der Waals surface area contributed by atoms with Crippen LogP contribution in [0.5, 0.6) is 0 Å². The highest BCUT2D eigenvalue weighted by Crippen LogP contribution is 2.27. The number of piperidine rings is 1. The van der Waals surface area contributed by atoms with Gasteiger partial charge in [0.25, 0.3) is 0 Å². The summed E-state index contributed by atoms with van der Waals surface area (Å²) in [6.45, 7) is 5.76. The van der Waals surface area contributed by atoms with Crippen molar-refractivity contribution in [2.45, 2.75) is 32.7 Å². The number of aryl methyl sites for hydroxylation is 1.